The Kier molecular flexibility index (Phi) is 6.42. The zero-order valence-electron chi connectivity index (χ0n) is 31.1. The molecule has 10 aromatic rings. The highest BCUT2D eigenvalue weighted by Crippen LogP contribution is 2.51. The third-order valence-corrected chi connectivity index (χ3v) is 12.4. The molecule has 4 heteroatoms. The van der Waals surface area contributed by atoms with Crippen molar-refractivity contribution in [1.82, 2.24) is 4.57 Å². The van der Waals surface area contributed by atoms with Crippen molar-refractivity contribution in [2.24, 2.45) is 0 Å². The lowest BCUT2D eigenvalue weighted by Crippen LogP contribution is -2.23. The van der Waals surface area contributed by atoms with E-state index < -0.39 is 0 Å². The maximum atomic E-state index is 6.70. The van der Waals surface area contributed by atoms with Crippen molar-refractivity contribution in [3.8, 4) is 27.9 Å². The van der Waals surface area contributed by atoms with Crippen LogP contribution >= 0.6 is 0 Å². The van der Waals surface area contributed by atoms with Gasteiger partial charge in [-0.1, -0.05) is 123 Å². The van der Waals surface area contributed by atoms with E-state index in [1.807, 2.05) is 0 Å². The van der Waals surface area contributed by atoms with Crippen molar-refractivity contribution >= 4 is 60.8 Å². The number of furan rings is 1. The fraction of sp³-hybridized carbons (Fsp3) is 0.0769. The summed E-state index contributed by atoms with van der Waals surface area (Å²) in [5, 5.41) is 8.55. The number of fused-ring (bicyclic) bond motifs is 10. The second-order valence-corrected chi connectivity index (χ2v) is 15.8. The maximum absolute atomic E-state index is 6.70. The molecule has 1 N–H and O–H groups in total. The summed E-state index contributed by atoms with van der Waals surface area (Å²) >= 11 is 0. The molecule has 1 aliphatic heterocycles. The van der Waals surface area contributed by atoms with Crippen LogP contribution in [0.3, 0.4) is 0 Å². The smallest absolute Gasteiger partial charge is 0.137 e. The number of aromatic nitrogens is 1. The minimum absolute atomic E-state index is 0.0175. The Bertz CT molecular complexity index is 3200. The van der Waals surface area contributed by atoms with E-state index in [0.717, 1.165) is 50.1 Å². The van der Waals surface area contributed by atoms with E-state index in [1.54, 1.807) is 0 Å². The van der Waals surface area contributed by atoms with Crippen LogP contribution in [0.15, 0.2) is 180 Å². The first-order chi connectivity index (χ1) is 27.5. The largest absolute Gasteiger partial charge is 0.456 e. The predicted octanol–water partition coefficient (Wildman–Crippen LogP) is 13.9. The molecule has 0 bridgehead atoms. The fourth-order valence-corrected chi connectivity index (χ4v) is 9.75. The number of anilines is 3. The second-order valence-electron chi connectivity index (χ2n) is 15.8. The lowest BCUT2D eigenvalue weighted by Gasteiger charge is -2.27. The Morgan fingerprint density at radius 1 is 0.518 bits per heavy atom. The van der Waals surface area contributed by atoms with Gasteiger partial charge in [0.15, 0.2) is 0 Å². The van der Waals surface area contributed by atoms with Crippen LogP contribution in [-0.2, 0) is 5.41 Å². The maximum Gasteiger partial charge on any atom is 0.137 e. The zero-order chi connectivity index (χ0) is 37.1. The van der Waals surface area contributed by atoms with Crippen LogP contribution in [0.5, 0.6) is 0 Å². The van der Waals surface area contributed by atoms with Crippen LogP contribution in [0.25, 0.3) is 71.7 Å². The zero-order valence-corrected chi connectivity index (χ0v) is 31.1. The van der Waals surface area contributed by atoms with E-state index in [1.165, 1.54) is 55.3 Å². The molecule has 8 aromatic carbocycles. The third-order valence-electron chi connectivity index (χ3n) is 12.4. The van der Waals surface area contributed by atoms with Gasteiger partial charge in [0.1, 0.15) is 17.3 Å². The van der Waals surface area contributed by atoms with E-state index in [2.05, 4.69) is 205 Å². The summed E-state index contributed by atoms with van der Waals surface area (Å²) in [4.78, 5) is 2.39. The summed E-state index contributed by atoms with van der Waals surface area (Å²) in [5.74, 6) is 0. The van der Waals surface area contributed by atoms with Crippen molar-refractivity contribution in [1.29, 1.82) is 0 Å². The molecule has 0 amide bonds. The lowest BCUT2D eigenvalue weighted by molar-refractivity contribution is 0.661. The van der Waals surface area contributed by atoms with Gasteiger partial charge >= 0.3 is 0 Å². The Morgan fingerprint density at radius 3 is 2.18 bits per heavy atom. The molecule has 266 valence electrons. The van der Waals surface area contributed by atoms with Gasteiger partial charge in [-0.15, -0.1) is 0 Å². The van der Waals surface area contributed by atoms with Gasteiger partial charge in [-0.25, -0.2) is 0 Å². The monoisotopic (exact) mass is 719 g/mol. The van der Waals surface area contributed by atoms with Crippen LogP contribution in [0.2, 0.25) is 0 Å². The van der Waals surface area contributed by atoms with Gasteiger partial charge in [0.05, 0.1) is 22.4 Å². The second kappa shape index (κ2) is 11.5. The molecule has 0 saturated heterocycles. The van der Waals surface area contributed by atoms with Gasteiger partial charge in [0.25, 0.3) is 0 Å². The molecule has 0 radical (unpaired) electrons. The van der Waals surface area contributed by atoms with Gasteiger partial charge in [-0.05, 0) is 99.6 Å². The van der Waals surface area contributed by atoms with Crippen molar-refractivity contribution in [3.05, 3.63) is 193 Å². The van der Waals surface area contributed by atoms with Crippen LogP contribution < -0.4 is 10.2 Å². The Hall–Kier alpha value is -7.04. The normalized spacial score (nSPS) is 15.4. The van der Waals surface area contributed by atoms with Gasteiger partial charge in [0.2, 0.25) is 0 Å². The van der Waals surface area contributed by atoms with E-state index >= 15 is 0 Å². The highest BCUT2D eigenvalue weighted by atomic mass is 16.3. The highest BCUT2D eigenvalue weighted by molar-refractivity contribution is 6.14. The van der Waals surface area contributed by atoms with Crippen LogP contribution in [0.1, 0.15) is 36.7 Å². The first-order valence-corrected chi connectivity index (χ1v) is 19.5. The Morgan fingerprint density at radius 2 is 1.29 bits per heavy atom. The molecule has 1 unspecified atom stereocenters. The van der Waals surface area contributed by atoms with Crippen molar-refractivity contribution in [2.45, 2.75) is 25.4 Å². The van der Waals surface area contributed by atoms with E-state index in [4.69, 9.17) is 4.42 Å². The quantitative estimate of drug-likeness (QED) is 0.197. The first-order valence-electron chi connectivity index (χ1n) is 19.5. The lowest BCUT2D eigenvalue weighted by atomic mass is 9.82. The van der Waals surface area contributed by atoms with Gasteiger partial charge in [-0.2, -0.15) is 0 Å². The summed E-state index contributed by atoms with van der Waals surface area (Å²) in [6.45, 7) is 4.71. The molecule has 2 aromatic heterocycles. The number of para-hydroxylation sites is 4. The summed E-state index contributed by atoms with van der Waals surface area (Å²) in [6, 6.07) is 63.9. The summed E-state index contributed by atoms with van der Waals surface area (Å²) in [5.41, 5.74) is 17.6. The number of hydrogen-bond acceptors (Lipinski definition) is 3. The first kappa shape index (κ1) is 31.3. The Labute approximate surface area is 324 Å². The van der Waals surface area contributed by atoms with Gasteiger partial charge in [0, 0.05) is 44.4 Å². The minimum atomic E-state index is -0.0847. The molecule has 0 saturated carbocycles. The third kappa shape index (κ3) is 4.35. The standard InChI is InChI=1S/C52H37N3O/c1-52(2)42-18-8-6-15-37(42)40-30-41-38-16-7-10-20-45(38)54(47(41)31-43(40)52)35-27-28-39-49(29-35)56-48-22-12-17-36(50(39)48)32-23-25-33(26-24-32)51-53-44-19-9-11-21-46(44)55(51)34-13-4-3-5-14-34/h3-31,51,53H,1-2H3. The number of nitrogens with one attached hydrogen (secondary N) is 1. The molecule has 12 rings (SSSR count). The van der Waals surface area contributed by atoms with Gasteiger partial charge < -0.3 is 19.2 Å². The topological polar surface area (TPSA) is 33.3 Å². The predicted molar refractivity (Wildman–Crippen MR) is 232 cm³/mol. The molecule has 0 spiro atoms. The average molecular weight is 720 g/mol. The molecular formula is C52H37N3O. The highest BCUT2D eigenvalue weighted by Gasteiger charge is 2.36. The molecule has 3 heterocycles. The number of rotatable bonds is 4. The molecule has 56 heavy (non-hydrogen) atoms. The van der Waals surface area contributed by atoms with Crippen molar-refractivity contribution < 1.29 is 4.42 Å². The minimum Gasteiger partial charge on any atom is -0.456 e. The summed E-state index contributed by atoms with van der Waals surface area (Å²) < 4.78 is 9.12. The molecule has 2 aliphatic rings. The number of hydrogen-bond donors (Lipinski definition) is 1. The molecule has 1 aliphatic carbocycles. The molecule has 4 nitrogen and oxygen atoms in total. The molecule has 1 atom stereocenters. The summed E-state index contributed by atoms with van der Waals surface area (Å²) in [6.07, 6.45) is -0.0175. The van der Waals surface area contributed by atoms with E-state index in [9.17, 15) is 0 Å². The molecular weight excluding hydrogens is 683 g/mol. The Balaban J connectivity index is 0.961. The summed E-state index contributed by atoms with van der Waals surface area (Å²) in [7, 11) is 0. The van der Waals surface area contributed by atoms with Crippen molar-refractivity contribution in [2.75, 3.05) is 10.2 Å². The number of benzene rings is 8. The number of nitrogens with zero attached hydrogens (tertiary/aromatic N) is 2. The van der Waals surface area contributed by atoms with Crippen LogP contribution in [0, 0.1) is 0 Å². The SMILES string of the molecule is CC1(C)c2ccccc2-c2cc3c4ccccc4n(-c4ccc5c(c4)oc4cccc(-c6ccc(C7Nc8ccccc8N7c7ccccc7)cc6)c45)c3cc21. The molecule has 0 fully saturated rings. The van der Waals surface area contributed by atoms with E-state index in [0.29, 0.717) is 0 Å². The van der Waals surface area contributed by atoms with E-state index in [-0.39, 0.29) is 11.6 Å². The van der Waals surface area contributed by atoms with Crippen molar-refractivity contribution in [3.63, 3.8) is 0 Å². The fourth-order valence-electron chi connectivity index (χ4n) is 9.75. The van der Waals surface area contributed by atoms with Crippen LogP contribution in [-0.4, -0.2) is 4.57 Å². The average Bonchev–Trinajstić information content (AvgIpc) is 3.97. The van der Waals surface area contributed by atoms with Crippen LogP contribution in [0.4, 0.5) is 17.1 Å². The van der Waals surface area contributed by atoms with Gasteiger partial charge in [-0.3, -0.25) is 0 Å².